The van der Waals surface area contributed by atoms with Crippen molar-refractivity contribution in [3.8, 4) is 11.8 Å². The number of nitrogens with two attached hydrogens (primary N) is 1. The zero-order valence-corrected chi connectivity index (χ0v) is 12.5. The van der Waals surface area contributed by atoms with Crippen LogP contribution >= 0.6 is 0 Å². The maximum atomic E-state index is 5.57. The molecule has 0 aromatic heterocycles. The van der Waals surface area contributed by atoms with Crippen LogP contribution in [0.15, 0.2) is 66.7 Å². The highest BCUT2D eigenvalue weighted by molar-refractivity contribution is 5.88. The summed E-state index contributed by atoms with van der Waals surface area (Å²) in [7, 11) is 0. The Morgan fingerprint density at radius 1 is 0.818 bits per heavy atom. The summed E-state index contributed by atoms with van der Waals surface area (Å²) in [6.45, 7) is 0.728. The maximum Gasteiger partial charge on any atom is 0.0327 e. The number of hydrogen-bond donors (Lipinski definition) is 1. The SMILES string of the molecule is NCCCc1cccc(C#Cc2cccc3ccccc23)c1. The Hall–Kier alpha value is -2.56. The Balaban J connectivity index is 1.91. The van der Waals surface area contributed by atoms with E-state index in [-0.39, 0.29) is 0 Å². The number of hydrogen-bond acceptors (Lipinski definition) is 1. The first-order valence-corrected chi connectivity index (χ1v) is 7.65. The molecule has 0 heterocycles. The quantitative estimate of drug-likeness (QED) is 0.719. The van der Waals surface area contributed by atoms with Crippen LogP contribution in [0.3, 0.4) is 0 Å². The summed E-state index contributed by atoms with van der Waals surface area (Å²) >= 11 is 0. The van der Waals surface area contributed by atoms with E-state index in [1.54, 1.807) is 0 Å². The molecule has 0 saturated carbocycles. The van der Waals surface area contributed by atoms with Gasteiger partial charge in [-0.2, -0.15) is 0 Å². The van der Waals surface area contributed by atoms with Gasteiger partial charge in [0.1, 0.15) is 0 Å². The van der Waals surface area contributed by atoms with Gasteiger partial charge in [0.15, 0.2) is 0 Å². The lowest BCUT2D eigenvalue weighted by Crippen LogP contribution is -2.00. The van der Waals surface area contributed by atoms with Gasteiger partial charge in [0.05, 0.1) is 0 Å². The van der Waals surface area contributed by atoms with Gasteiger partial charge in [-0.15, -0.1) is 0 Å². The maximum absolute atomic E-state index is 5.57. The van der Waals surface area contributed by atoms with Gasteiger partial charge in [0, 0.05) is 11.1 Å². The number of fused-ring (bicyclic) bond motifs is 1. The van der Waals surface area contributed by atoms with E-state index in [1.165, 1.54) is 16.3 Å². The largest absolute Gasteiger partial charge is 0.330 e. The van der Waals surface area contributed by atoms with Crippen LogP contribution in [0.1, 0.15) is 23.1 Å². The standard InChI is InChI=1S/C21H19N/c22-15-5-8-17-6-3-7-18(16-17)13-14-20-11-4-10-19-9-1-2-12-21(19)20/h1-4,6-7,9-12,16H,5,8,15,22H2. The van der Waals surface area contributed by atoms with Crippen molar-refractivity contribution < 1.29 is 0 Å². The van der Waals surface area contributed by atoms with Gasteiger partial charge in [-0.25, -0.2) is 0 Å². The molecule has 0 aliphatic heterocycles. The molecule has 3 rings (SSSR count). The summed E-state index contributed by atoms with van der Waals surface area (Å²) in [5.74, 6) is 6.60. The first kappa shape index (κ1) is 14.4. The van der Waals surface area contributed by atoms with Gasteiger partial charge in [-0.3, -0.25) is 0 Å². The molecule has 0 spiro atoms. The summed E-state index contributed by atoms with van der Waals surface area (Å²) in [6.07, 6.45) is 2.03. The minimum atomic E-state index is 0.728. The Morgan fingerprint density at radius 3 is 2.55 bits per heavy atom. The van der Waals surface area contributed by atoms with E-state index in [4.69, 9.17) is 5.73 Å². The predicted molar refractivity (Wildman–Crippen MR) is 93.7 cm³/mol. The molecule has 108 valence electrons. The van der Waals surface area contributed by atoms with Crippen LogP contribution in [0.2, 0.25) is 0 Å². The fourth-order valence-electron chi connectivity index (χ4n) is 2.58. The Bertz CT molecular complexity index is 832. The lowest BCUT2D eigenvalue weighted by Gasteiger charge is -2.01. The fraction of sp³-hybridized carbons (Fsp3) is 0.143. The molecule has 1 nitrogen and oxygen atoms in total. The molecule has 0 amide bonds. The van der Waals surface area contributed by atoms with E-state index >= 15 is 0 Å². The number of rotatable bonds is 3. The molecular weight excluding hydrogens is 266 g/mol. The lowest BCUT2D eigenvalue weighted by molar-refractivity contribution is 0.832. The molecule has 22 heavy (non-hydrogen) atoms. The normalized spacial score (nSPS) is 10.2. The second-order valence-electron chi connectivity index (χ2n) is 5.37. The highest BCUT2D eigenvalue weighted by Crippen LogP contribution is 2.17. The van der Waals surface area contributed by atoms with Gasteiger partial charge in [-0.05, 0) is 53.9 Å². The van der Waals surface area contributed by atoms with E-state index in [9.17, 15) is 0 Å². The average Bonchev–Trinajstić information content (AvgIpc) is 2.58. The van der Waals surface area contributed by atoms with Crippen LogP contribution < -0.4 is 5.73 Å². The van der Waals surface area contributed by atoms with Gasteiger partial charge in [0.2, 0.25) is 0 Å². The first-order chi connectivity index (χ1) is 10.9. The molecule has 0 radical (unpaired) electrons. The third-order valence-electron chi connectivity index (χ3n) is 3.73. The summed E-state index contributed by atoms with van der Waals surface area (Å²) in [4.78, 5) is 0. The van der Waals surface area contributed by atoms with Crippen molar-refractivity contribution in [1.29, 1.82) is 0 Å². The molecule has 0 bridgehead atoms. The first-order valence-electron chi connectivity index (χ1n) is 7.65. The Kier molecular flexibility index (Phi) is 4.53. The predicted octanol–water partition coefficient (Wildman–Crippen LogP) is 4.13. The van der Waals surface area contributed by atoms with Crippen LogP contribution in [0.5, 0.6) is 0 Å². The van der Waals surface area contributed by atoms with E-state index in [0.29, 0.717) is 0 Å². The minimum absolute atomic E-state index is 0.728. The van der Waals surface area contributed by atoms with Gasteiger partial charge in [0.25, 0.3) is 0 Å². The number of benzene rings is 3. The van der Waals surface area contributed by atoms with Gasteiger partial charge >= 0.3 is 0 Å². The van der Waals surface area contributed by atoms with Crippen molar-refractivity contribution in [3.63, 3.8) is 0 Å². The van der Waals surface area contributed by atoms with Crippen LogP contribution in [0.25, 0.3) is 10.8 Å². The molecule has 0 unspecified atom stereocenters. The second-order valence-corrected chi connectivity index (χ2v) is 5.37. The summed E-state index contributed by atoms with van der Waals surface area (Å²) in [5.41, 5.74) is 9.01. The zero-order valence-electron chi connectivity index (χ0n) is 12.5. The van der Waals surface area contributed by atoms with E-state index in [2.05, 4.69) is 78.6 Å². The molecule has 0 saturated heterocycles. The Morgan fingerprint density at radius 2 is 1.64 bits per heavy atom. The van der Waals surface area contributed by atoms with Crippen molar-refractivity contribution in [3.05, 3.63) is 83.4 Å². The van der Waals surface area contributed by atoms with Crippen LogP contribution in [0, 0.1) is 11.8 Å². The highest BCUT2D eigenvalue weighted by Gasteiger charge is 1.97. The monoisotopic (exact) mass is 285 g/mol. The van der Waals surface area contributed by atoms with E-state index in [0.717, 1.165) is 30.5 Å². The smallest absolute Gasteiger partial charge is 0.0327 e. The highest BCUT2D eigenvalue weighted by atomic mass is 14.5. The molecular formula is C21H19N. The Labute approximate surface area is 131 Å². The van der Waals surface area contributed by atoms with Gasteiger partial charge < -0.3 is 5.73 Å². The molecule has 0 fully saturated rings. The molecule has 1 heteroatoms. The molecule has 3 aromatic rings. The number of aryl methyl sites for hydroxylation is 1. The average molecular weight is 285 g/mol. The van der Waals surface area contributed by atoms with Crippen molar-refractivity contribution in [2.24, 2.45) is 5.73 Å². The zero-order chi connectivity index (χ0) is 15.2. The molecule has 3 aromatic carbocycles. The fourth-order valence-corrected chi connectivity index (χ4v) is 2.58. The lowest BCUT2D eigenvalue weighted by atomic mass is 10.0. The van der Waals surface area contributed by atoms with Crippen LogP contribution in [-0.4, -0.2) is 6.54 Å². The second kappa shape index (κ2) is 6.93. The minimum Gasteiger partial charge on any atom is -0.330 e. The summed E-state index contributed by atoms with van der Waals surface area (Å²) in [5, 5.41) is 2.43. The van der Waals surface area contributed by atoms with E-state index < -0.39 is 0 Å². The van der Waals surface area contributed by atoms with Crippen molar-refractivity contribution in [1.82, 2.24) is 0 Å². The van der Waals surface area contributed by atoms with Crippen LogP contribution in [0.4, 0.5) is 0 Å². The van der Waals surface area contributed by atoms with Crippen molar-refractivity contribution >= 4 is 10.8 Å². The topological polar surface area (TPSA) is 26.0 Å². The molecule has 0 aliphatic carbocycles. The molecule has 0 aliphatic rings. The van der Waals surface area contributed by atoms with Gasteiger partial charge in [-0.1, -0.05) is 60.4 Å². The third kappa shape index (κ3) is 3.36. The third-order valence-corrected chi connectivity index (χ3v) is 3.73. The van der Waals surface area contributed by atoms with Crippen LogP contribution in [-0.2, 0) is 6.42 Å². The van der Waals surface area contributed by atoms with Crippen molar-refractivity contribution in [2.75, 3.05) is 6.54 Å². The molecule has 0 atom stereocenters. The van der Waals surface area contributed by atoms with E-state index in [1.807, 2.05) is 0 Å². The molecule has 2 N–H and O–H groups in total. The summed E-state index contributed by atoms with van der Waals surface area (Å²) < 4.78 is 0. The summed E-state index contributed by atoms with van der Waals surface area (Å²) in [6, 6.07) is 23.0. The van der Waals surface area contributed by atoms with Crippen molar-refractivity contribution in [2.45, 2.75) is 12.8 Å².